The van der Waals surface area contributed by atoms with Gasteiger partial charge >= 0.3 is 0 Å². The van der Waals surface area contributed by atoms with Gasteiger partial charge in [0.25, 0.3) is 5.91 Å². The van der Waals surface area contributed by atoms with Crippen molar-refractivity contribution in [3.8, 4) is 6.07 Å². The normalized spacial score (nSPS) is 19.5. The predicted molar refractivity (Wildman–Crippen MR) is 136 cm³/mol. The largest absolute Gasteiger partial charge is 0.386 e. The third-order valence-corrected chi connectivity index (χ3v) is 8.13. The molecule has 0 aliphatic carbocycles. The molecule has 0 saturated carbocycles. The molecule has 2 fully saturated rings. The van der Waals surface area contributed by atoms with Gasteiger partial charge in [0.1, 0.15) is 10.9 Å². The summed E-state index contributed by atoms with van der Waals surface area (Å²) < 4.78 is 0.733. The first-order valence-electron chi connectivity index (χ1n) is 11.3. The van der Waals surface area contributed by atoms with Gasteiger partial charge < -0.3 is 20.9 Å². The number of benzene rings is 2. The van der Waals surface area contributed by atoms with Crippen LogP contribution in [-0.2, 0) is 6.42 Å². The number of fused-ring (bicyclic) bond motifs is 3. The fourth-order valence-electron chi connectivity index (χ4n) is 4.93. The van der Waals surface area contributed by atoms with Crippen LogP contribution in [0.5, 0.6) is 0 Å². The number of piperazine rings is 1. The summed E-state index contributed by atoms with van der Waals surface area (Å²) in [5.74, 6) is -0.145. The van der Waals surface area contributed by atoms with Gasteiger partial charge in [-0.05, 0) is 49.1 Å². The van der Waals surface area contributed by atoms with Gasteiger partial charge in [-0.25, -0.2) is 0 Å². The Kier molecular flexibility index (Phi) is 6.15. The molecule has 6 nitrogen and oxygen atoms in total. The molecule has 5 rings (SSSR count). The SMILES string of the molecule is CNc1c(C(=O)NCCc2ccc(N3CC4CCC(C3)N4)cc2)sc2c(C#N)c(Cl)ccc12. The Balaban J connectivity index is 1.23. The summed E-state index contributed by atoms with van der Waals surface area (Å²) in [5.41, 5.74) is 3.61. The molecule has 170 valence electrons. The maximum atomic E-state index is 12.9. The van der Waals surface area contributed by atoms with Crippen LogP contribution in [0.15, 0.2) is 36.4 Å². The smallest absolute Gasteiger partial charge is 0.263 e. The number of carbonyl (C=O) groups is 1. The molecule has 1 amide bonds. The zero-order chi connectivity index (χ0) is 22.9. The van der Waals surface area contributed by atoms with Crippen molar-refractivity contribution >= 4 is 50.3 Å². The molecule has 2 saturated heterocycles. The highest BCUT2D eigenvalue weighted by atomic mass is 35.5. The summed E-state index contributed by atoms with van der Waals surface area (Å²) in [5, 5.41) is 20.5. The molecule has 3 aromatic rings. The highest BCUT2D eigenvalue weighted by molar-refractivity contribution is 7.22. The Bertz CT molecular complexity index is 1220. The number of halogens is 1. The fourth-order valence-corrected chi connectivity index (χ4v) is 6.41. The van der Waals surface area contributed by atoms with Crippen molar-refractivity contribution < 1.29 is 4.79 Å². The number of amides is 1. The van der Waals surface area contributed by atoms with Crippen LogP contribution in [0.1, 0.15) is 33.6 Å². The van der Waals surface area contributed by atoms with Gasteiger partial charge in [-0.1, -0.05) is 23.7 Å². The van der Waals surface area contributed by atoms with Gasteiger partial charge in [0.15, 0.2) is 0 Å². The van der Waals surface area contributed by atoms with Crippen molar-refractivity contribution in [1.82, 2.24) is 10.6 Å². The Morgan fingerprint density at radius 1 is 1.21 bits per heavy atom. The van der Waals surface area contributed by atoms with E-state index in [2.05, 4.69) is 51.2 Å². The van der Waals surface area contributed by atoms with Crippen LogP contribution in [0.25, 0.3) is 10.1 Å². The molecule has 8 heteroatoms. The molecule has 2 aromatic carbocycles. The molecule has 33 heavy (non-hydrogen) atoms. The van der Waals surface area contributed by atoms with E-state index >= 15 is 0 Å². The van der Waals surface area contributed by atoms with Crippen LogP contribution in [0.3, 0.4) is 0 Å². The van der Waals surface area contributed by atoms with E-state index in [-0.39, 0.29) is 5.91 Å². The lowest BCUT2D eigenvalue weighted by molar-refractivity contribution is 0.0959. The second-order valence-electron chi connectivity index (χ2n) is 8.68. The summed E-state index contributed by atoms with van der Waals surface area (Å²) in [4.78, 5) is 16.0. The minimum atomic E-state index is -0.145. The fraction of sp³-hybridized carbons (Fsp3) is 0.360. The topological polar surface area (TPSA) is 80.2 Å². The van der Waals surface area contributed by atoms with E-state index in [0.29, 0.717) is 34.1 Å². The zero-order valence-corrected chi connectivity index (χ0v) is 20.0. The molecule has 3 heterocycles. The van der Waals surface area contributed by atoms with E-state index in [1.54, 1.807) is 13.1 Å². The molecule has 2 aliphatic rings. The second kappa shape index (κ2) is 9.22. The minimum absolute atomic E-state index is 0.145. The summed E-state index contributed by atoms with van der Waals surface area (Å²) in [6.07, 6.45) is 3.31. The Morgan fingerprint density at radius 2 is 1.94 bits per heavy atom. The highest BCUT2D eigenvalue weighted by Gasteiger charge is 2.32. The molecule has 3 N–H and O–H groups in total. The molecular formula is C25H26ClN5OS. The average Bonchev–Trinajstić information content (AvgIpc) is 3.38. The van der Waals surface area contributed by atoms with E-state index in [0.717, 1.165) is 35.3 Å². The lowest BCUT2D eigenvalue weighted by Gasteiger charge is -2.34. The number of anilines is 2. The quantitative estimate of drug-likeness (QED) is 0.489. The van der Waals surface area contributed by atoms with Crippen LogP contribution < -0.4 is 20.9 Å². The van der Waals surface area contributed by atoms with E-state index < -0.39 is 0 Å². The monoisotopic (exact) mass is 479 g/mol. The molecule has 0 radical (unpaired) electrons. The predicted octanol–water partition coefficient (Wildman–Crippen LogP) is 4.38. The summed E-state index contributed by atoms with van der Waals surface area (Å²) in [7, 11) is 1.78. The molecule has 0 spiro atoms. The number of hydrogen-bond donors (Lipinski definition) is 3. The number of hydrogen-bond acceptors (Lipinski definition) is 6. The number of carbonyl (C=O) groups excluding carboxylic acids is 1. The van der Waals surface area contributed by atoms with Gasteiger partial charge in [0, 0.05) is 49.8 Å². The highest BCUT2D eigenvalue weighted by Crippen LogP contribution is 2.39. The van der Waals surface area contributed by atoms with Gasteiger partial charge in [-0.15, -0.1) is 11.3 Å². The van der Waals surface area contributed by atoms with Crippen molar-refractivity contribution in [3.05, 3.63) is 57.4 Å². The van der Waals surface area contributed by atoms with Crippen molar-refractivity contribution in [3.63, 3.8) is 0 Å². The Labute approximate surface area is 202 Å². The molecular weight excluding hydrogens is 454 g/mol. The van der Waals surface area contributed by atoms with Crippen LogP contribution >= 0.6 is 22.9 Å². The molecule has 1 aromatic heterocycles. The summed E-state index contributed by atoms with van der Waals surface area (Å²) in [6.45, 7) is 2.69. The number of thiophene rings is 1. The van der Waals surface area contributed by atoms with E-state index in [9.17, 15) is 10.1 Å². The number of nitriles is 1. The first-order chi connectivity index (χ1) is 16.1. The standard InChI is InChI=1S/C25H26ClN5OS/c1-28-22-19-8-9-21(26)20(12-27)23(19)33-24(22)25(32)29-11-10-15-2-6-18(7-3-15)31-13-16-4-5-17(14-31)30-16/h2-3,6-9,16-17,28,30H,4-5,10-11,13-14H2,1H3,(H,29,32). The van der Waals surface area contributed by atoms with Gasteiger partial charge in [-0.3, -0.25) is 4.79 Å². The van der Waals surface area contributed by atoms with E-state index in [4.69, 9.17) is 11.6 Å². The lowest BCUT2D eigenvalue weighted by atomic mass is 10.1. The van der Waals surface area contributed by atoms with Crippen molar-refractivity contribution in [2.45, 2.75) is 31.3 Å². The molecule has 2 bridgehead atoms. The minimum Gasteiger partial charge on any atom is -0.386 e. The van der Waals surface area contributed by atoms with Gasteiger partial charge in [-0.2, -0.15) is 5.26 Å². The first-order valence-corrected chi connectivity index (χ1v) is 12.5. The third kappa shape index (κ3) is 4.26. The zero-order valence-electron chi connectivity index (χ0n) is 18.5. The van der Waals surface area contributed by atoms with E-state index in [1.165, 1.54) is 35.4 Å². The summed E-state index contributed by atoms with van der Waals surface area (Å²) >= 11 is 7.47. The third-order valence-electron chi connectivity index (χ3n) is 6.59. The Hall–Kier alpha value is -2.79. The van der Waals surface area contributed by atoms with Crippen LogP contribution in [0, 0.1) is 11.3 Å². The summed E-state index contributed by atoms with van der Waals surface area (Å²) in [6, 6.07) is 15.7. The second-order valence-corrected chi connectivity index (χ2v) is 10.1. The van der Waals surface area contributed by atoms with Crippen LogP contribution in [-0.4, -0.2) is 44.7 Å². The Morgan fingerprint density at radius 3 is 2.61 bits per heavy atom. The van der Waals surface area contributed by atoms with E-state index in [1.807, 2.05) is 6.07 Å². The average molecular weight is 480 g/mol. The first kappa shape index (κ1) is 22.0. The maximum absolute atomic E-state index is 12.9. The molecule has 2 aliphatic heterocycles. The van der Waals surface area contributed by atoms with Gasteiger partial charge in [0.2, 0.25) is 0 Å². The molecule has 2 unspecified atom stereocenters. The van der Waals surface area contributed by atoms with Crippen molar-refractivity contribution in [1.29, 1.82) is 5.26 Å². The molecule has 2 atom stereocenters. The van der Waals surface area contributed by atoms with Crippen molar-refractivity contribution in [2.24, 2.45) is 0 Å². The van der Waals surface area contributed by atoms with Crippen LogP contribution in [0.2, 0.25) is 5.02 Å². The maximum Gasteiger partial charge on any atom is 0.263 e. The van der Waals surface area contributed by atoms with Crippen LogP contribution in [0.4, 0.5) is 11.4 Å². The number of nitrogens with zero attached hydrogens (tertiary/aromatic N) is 2. The lowest BCUT2D eigenvalue weighted by Crippen LogP contribution is -2.51. The number of nitrogens with one attached hydrogen (secondary N) is 3. The number of rotatable bonds is 6. The van der Waals surface area contributed by atoms with Crippen molar-refractivity contribution in [2.75, 3.05) is 36.9 Å². The van der Waals surface area contributed by atoms with Gasteiger partial charge in [0.05, 0.1) is 21.0 Å².